The van der Waals surface area contributed by atoms with E-state index < -0.39 is 0 Å². The minimum absolute atomic E-state index is 0.467. The summed E-state index contributed by atoms with van der Waals surface area (Å²) in [5.74, 6) is 0.814. The lowest BCUT2D eigenvalue weighted by molar-refractivity contribution is 0.295. The summed E-state index contributed by atoms with van der Waals surface area (Å²) in [6.45, 7) is 6.84. The van der Waals surface area contributed by atoms with E-state index in [1.807, 2.05) is 42.1 Å². The Hall–Kier alpha value is -1.48. The third kappa shape index (κ3) is 3.54. The SMILES string of the molecule is CCC(CC)n1ccc(COc2cc(Cl)ccc2C)n1. The summed E-state index contributed by atoms with van der Waals surface area (Å²) in [6, 6.07) is 8.15. The van der Waals surface area contributed by atoms with Crippen molar-refractivity contribution in [2.45, 2.75) is 46.3 Å². The van der Waals surface area contributed by atoms with Gasteiger partial charge in [0.1, 0.15) is 12.4 Å². The first-order valence-electron chi connectivity index (χ1n) is 7.07. The summed E-state index contributed by atoms with van der Waals surface area (Å²) in [4.78, 5) is 0. The molecule has 0 aliphatic carbocycles. The number of rotatable bonds is 6. The van der Waals surface area contributed by atoms with Crippen LogP contribution in [-0.4, -0.2) is 9.78 Å². The Morgan fingerprint density at radius 1 is 1.25 bits per heavy atom. The Morgan fingerprint density at radius 3 is 2.70 bits per heavy atom. The van der Waals surface area contributed by atoms with Crippen LogP contribution in [0.25, 0.3) is 0 Å². The van der Waals surface area contributed by atoms with Crippen molar-refractivity contribution in [2.75, 3.05) is 0 Å². The van der Waals surface area contributed by atoms with Crippen LogP contribution in [0.5, 0.6) is 5.75 Å². The van der Waals surface area contributed by atoms with Crippen LogP contribution in [0.15, 0.2) is 30.5 Å². The molecule has 1 heterocycles. The van der Waals surface area contributed by atoms with E-state index in [4.69, 9.17) is 16.3 Å². The topological polar surface area (TPSA) is 27.1 Å². The van der Waals surface area contributed by atoms with E-state index >= 15 is 0 Å². The van der Waals surface area contributed by atoms with Crippen molar-refractivity contribution in [1.29, 1.82) is 0 Å². The first kappa shape index (κ1) is 14.9. The molecule has 4 heteroatoms. The van der Waals surface area contributed by atoms with Gasteiger partial charge in [0.25, 0.3) is 0 Å². The number of aromatic nitrogens is 2. The summed E-state index contributed by atoms with van der Waals surface area (Å²) in [6.07, 6.45) is 4.21. The van der Waals surface area contributed by atoms with Gasteiger partial charge in [-0.3, -0.25) is 4.68 Å². The van der Waals surface area contributed by atoms with Crippen LogP contribution in [0.4, 0.5) is 0 Å². The van der Waals surface area contributed by atoms with Crippen LogP contribution in [0.1, 0.15) is 44.0 Å². The maximum absolute atomic E-state index is 5.98. The molecule has 3 nitrogen and oxygen atoms in total. The Balaban J connectivity index is 2.02. The van der Waals surface area contributed by atoms with Crippen LogP contribution in [0, 0.1) is 6.92 Å². The number of benzene rings is 1. The lowest BCUT2D eigenvalue weighted by Gasteiger charge is -2.12. The molecule has 0 radical (unpaired) electrons. The average molecular weight is 293 g/mol. The van der Waals surface area contributed by atoms with Gasteiger partial charge in [-0.05, 0) is 43.5 Å². The smallest absolute Gasteiger partial charge is 0.132 e. The van der Waals surface area contributed by atoms with E-state index in [1.165, 1.54) is 0 Å². The number of hydrogen-bond acceptors (Lipinski definition) is 2. The molecule has 2 aromatic rings. The van der Waals surface area contributed by atoms with Crippen molar-refractivity contribution in [1.82, 2.24) is 9.78 Å². The lowest BCUT2D eigenvalue weighted by atomic mass is 10.2. The highest BCUT2D eigenvalue weighted by molar-refractivity contribution is 6.30. The zero-order valence-corrected chi connectivity index (χ0v) is 13.0. The van der Waals surface area contributed by atoms with Crippen LogP contribution < -0.4 is 4.74 Å². The van der Waals surface area contributed by atoms with Crippen molar-refractivity contribution in [3.05, 3.63) is 46.7 Å². The highest BCUT2D eigenvalue weighted by Crippen LogP contribution is 2.23. The molecule has 20 heavy (non-hydrogen) atoms. The largest absolute Gasteiger partial charge is 0.487 e. The third-order valence-corrected chi connectivity index (χ3v) is 3.74. The number of hydrogen-bond donors (Lipinski definition) is 0. The predicted octanol–water partition coefficient (Wildman–Crippen LogP) is 4.79. The summed E-state index contributed by atoms with van der Waals surface area (Å²) < 4.78 is 7.84. The minimum atomic E-state index is 0.467. The highest BCUT2D eigenvalue weighted by atomic mass is 35.5. The number of halogens is 1. The van der Waals surface area contributed by atoms with Crippen LogP contribution >= 0.6 is 11.6 Å². The van der Waals surface area contributed by atoms with Gasteiger partial charge in [0.05, 0.1) is 11.7 Å². The van der Waals surface area contributed by atoms with Crippen molar-refractivity contribution in [3.63, 3.8) is 0 Å². The molecular weight excluding hydrogens is 272 g/mol. The van der Waals surface area contributed by atoms with Gasteiger partial charge in [-0.1, -0.05) is 31.5 Å². The van der Waals surface area contributed by atoms with Crippen LogP contribution in [-0.2, 0) is 6.61 Å². The summed E-state index contributed by atoms with van der Waals surface area (Å²) >= 11 is 5.98. The quantitative estimate of drug-likeness (QED) is 0.766. The predicted molar refractivity (Wildman–Crippen MR) is 82.4 cm³/mol. The molecule has 0 N–H and O–H groups in total. The van der Waals surface area contributed by atoms with Gasteiger partial charge in [-0.25, -0.2) is 0 Å². The highest BCUT2D eigenvalue weighted by Gasteiger charge is 2.08. The van der Waals surface area contributed by atoms with Crippen molar-refractivity contribution >= 4 is 11.6 Å². The summed E-state index contributed by atoms with van der Waals surface area (Å²) in [5, 5.41) is 5.27. The number of aryl methyl sites for hydroxylation is 1. The van der Waals surface area contributed by atoms with E-state index in [-0.39, 0.29) is 0 Å². The van der Waals surface area contributed by atoms with Gasteiger partial charge in [-0.2, -0.15) is 5.10 Å². The second-order valence-electron chi connectivity index (χ2n) is 4.96. The molecule has 0 unspecified atom stereocenters. The number of nitrogens with zero attached hydrogens (tertiary/aromatic N) is 2. The zero-order chi connectivity index (χ0) is 14.5. The van der Waals surface area contributed by atoms with Crippen LogP contribution in [0.3, 0.4) is 0 Å². The van der Waals surface area contributed by atoms with E-state index in [9.17, 15) is 0 Å². The molecule has 0 saturated carbocycles. The Kier molecular flexibility index (Phi) is 5.07. The monoisotopic (exact) mass is 292 g/mol. The molecule has 0 bridgehead atoms. The Bertz CT molecular complexity index is 561. The second kappa shape index (κ2) is 6.80. The molecule has 2 rings (SSSR count). The Labute approximate surface area is 125 Å². The summed E-state index contributed by atoms with van der Waals surface area (Å²) in [5.41, 5.74) is 2.02. The molecule has 0 atom stereocenters. The molecule has 108 valence electrons. The molecular formula is C16H21ClN2O. The maximum atomic E-state index is 5.98. The fraction of sp³-hybridized carbons (Fsp3) is 0.438. The van der Waals surface area contributed by atoms with Gasteiger partial charge in [0.15, 0.2) is 0 Å². The van der Waals surface area contributed by atoms with Gasteiger partial charge >= 0.3 is 0 Å². The first-order valence-corrected chi connectivity index (χ1v) is 7.44. The van der Waals surface area contributed by atoms with Gasteiger partial charge in [0, 0.05) is 11.2 Å². The molecule has 0 amide bonds. The fourth-order valence-corrected chi connectivity index (χ4v) is 2.36. The zero-order valence-electron chi connectivity index (χ0n) is 12.3. The standard InChI is InChI=1S/C16H21ClN2O/c1-4-15(5-2)19-9-8-14(18-19)11-20-16-10-13(17)7-6-12(16)3/h6-10,15H,4-5,11H2,1-3H3. The number of ether oxygens (including phenoxy) is 1. The molecule has 0 aliphatic heterocycles. The molecule has 0 saturated heterocycles. The van der Waals surface area contributed by atoms with Crippen molar-refractivity contribution < 1.29 is 4.74 Å². The van der Waals surface area contributed by atoms with E-state index in [0.717, 1.165) is 29.8 Å². The average Bonchev–Trinajstić information content (AvgIpc) is 2.90. The van der Waals surface area contributed by atoms with E-state index in [0.29, 0.717) is 17.7 Å². The second-order valence-corrected chi connectivity index (χ2v) is 5.39. The first-order chi connectivity index (χ1) is 9.63. The van der Waals surface area contributed by atoms with E-state index in [2.05, 4.69) is 18.9 Å². The van der Waals surface area contributed by atoms with Gasteiger partial charge in [0.2, 0.25) is 0 Å². The fourth-order valence-electron chi connectivity index (χ4n) is 2.20. The molecule has 0 aliphatic rings. The minimum Gasteiger partial charge on any atom is -0.487 e. The molecule has 0 fully saturated rings. The molecule has 1 aromatic carbocycles. The molecule has 1 aromatic heterocycles. The normalized spacial score (nSPS) is 11.1. The van der Waals surface area contributed by atoms with Crippen molar-refractivity contribution in [2.24, 2.45) is 0 Å². The van der Waals surface area contributed by atoms with Crippen LogP contribution in [0.2, 0.25) is 5.02 Å². The third-order valence-electron chi connectivity index (χ3n) is 3.51. The maximum Gasteiger partial charge on any atom is 0.132 e. The van der Waals surface area contributed by atoms with Gasteiger partial charge < -0.3 is 4.74 Å². The van der Waals surface area contributed by atoms with Gasteiger partial charge in [-0.15, -0.1) is 0 Å². The Morgan fingerprint density at radius 2 is 2.00 bits per heavy atom. The lowest BCUT2D eigenvalue weighted by Crippen LogP contribution is -2.08. The molecule has 0 spiro atoms. The van der Waals surface area contributed by atoms with E-state index in [1.54, 1.807) is 0 Å². The van der Waals surface area contributed by atoms with Crippen molar-refractivity contribution in [3.8, 4) is 5.75 Å². The summed E-state index contributed by atoms with van der Waals surface area (Å²) in [7, 11) is 0.